The molecule has 3 rings (SSSR count). The van der Waals surface area contributed by atoms with Crippen LogP contribution in [0.3, 0.4) is 0 Å². The molecule has 0 aliphatic carbocycles. The molecule has 6 heteroatoms. The highest BCUT2D eigenvalue weighted by Crippen LogP contribution is 2.24. The van der Waals surface area contributed by atoms with Crippen molar-refractivity contribution >= 4 is 5.97 Å². The number of carboxylic acids is 1. The van der Waals surface area contributed by atoms with Crippen LogP contribution in [0.2, 0.25) is 0 Å². The number of carbonyl (C=O) groups is 1. The SMILES string of the molecule is Cc1c(CNCc2cccc(F)c2)c(C(=O)O)c(C)n1Cc1ccc(F)cc1. The summed E-state index contributed by atoms with van der Waals surface area (Å²) in [5.41, 5.74) is 4.13. The van der Waals surface area contributed by atoms with Crippen LogP contribution in [0.5, 0.6) is 0 Å². The number of rotatable bonds is 7. The van der Waals surface area contributed by atoms with Crippen molar-refractivity contribution in [1.29, 1.82) is 0 Å². The molecule has 0 spiro atoms. The molecule has 146 valence electrons. The summed E-state index contributed by atoms with van der Waals surface area (Å²) in [6.07, 6.45) is 0. The van der Waals surface area contributed by atoms with Crippen LogP contribution in [0, 0.1) is 25.5 Å². The third-order valence-corrected chi connectivity index (χ3v) is 4.90. The lowest BCUT2D eigenvalue weighted by Gasteiger charge is -2.10. The Balaban J connectivity index is 1.83. The lowest BCUT2D eigenvalue weighted by Crippen LogP contribution is -2.15. The Morgan fingerprint density at radius 1 is 0.964 bits per heavy atom. The van der Waals surface area contributed by atoms with Gasteiger partial charge in [0.1, 0.15) is 11.6 Å². The standard InChI is InChI=1S/C22H22F2N2O2/c1-14-20(12-25-11-17-4-3-5-19(24)10-17)21(22(27)28)15(2)26(14)13-16-6-8-18(23)9-7-16/h3-10,25H,11-13H2,1-2H3,(H,27,28). The van der Waals surface area contributed by atoms with Crippen LogP contribution in [0.1, 0.15) is 38.4 Å². The van der Waals surface area contributed by atoms with Gasteiger partial charge < -0.3 is 15.0 Å². The van der Waals surface area contributed by atoms with E-state index in [4.69, 9.17) is 0 Å². The maximum Gasteiger partial charge on any atom is 0.337 e. The fraction of sp³-hybridized carbons (Fsp3) is 0.227. The number of hydrogen-bond acceptors (Lipinski definition) is 2. The van der Waals surface area contributed by atoms with Crippen LogP contribution in [0.4, 0.5) is 8.78 Å². The van der Waals surface area contributed by atoms with E-state index in [9.17, 15) is 18.7 Å². The Bertz CT molecular complexity index is 995. The van der Waals surface area contributed by atoms with Crippen LogP contribution in [0.25, 0.3) is 0 Å². The molecule has 28 heavy (non-hydrogen) atoms. The van der Waals surface area contributed by atoms with Gasteiger partial charge in [0, 0.05) is 36.6 Å². The predicted molar refractivity (Wildman–Crippen MR) is 103 cm³/mol. The predicted octanol–water partition coefficient (Wildman–Crippen LogP) is 4.42. The van der Waals surface area contributed by atoms with Crippen molar-refractivity contribution in [2.24, 2.45) is 0 Å². The smallest absolute Gasteiger partial charge is 0.337 e. The number of hydrogen-bond donors (Lipinski definition) is 2. The molecule has 0 aliphatic rings. The molecule has 0 radical (unpaired) electrons. The first-order valence-corrected chi connectivity index (χ1v) is 8.98. The summed E-state index contributed by atoms with van der Waals surface area (Å²) in [6, 6.07) is 12.5. The summed E-state index contributed by atoms with van der Waals surface area (Å²) in [4.78, 5) is 11.8. The molecular weight excluding hydrogens is 362 g/mol. The highest BCUT2D eigenvalue weighted by Gasteiger charge is 2.22. The van der Waals surface area contributed by atoms with E-state index >= 15 is 0 Å². The minimum absolute atomic E-state index is 0.270. The number of halogens is 2. The molecule has 0 aliphatic heterocycles. The first-order valence-electron chi connectivity index (χ1n) is 8.98. The van der Waals surface area contributed by atoms with Crippen molar-refractivity contribution in [3.8, 4) is 0 Å². The van der Waals surface area contributed by atoms with Crippen LogP contribution >= 0.6 is 0 Å². The zero-order valence-corrected chi connectivity index (χ0v) is 15.8. The molecule has 0 atom stereocenters. The number of nitrogens with zero attached hydrogens (tertiary/aromatic N) is 1. The molecule has 0 bridgehead atoms. The van der Waals surface area contributed by atoms with Crippen molar-refractivity contribution in [3.63, 3.8) is 0 Å². The average molecular weight is 384 g/mol. The molecule has 0 amide bonds. The molecule has 2 aromatic carbocycles. The Hall–Kier alpha value is -2.99. The van der Waals surface area contributed by atoms with Crippen LogP contribution < -0.4 is 5.32 Å². The van der Waals surface area contributed by atoms with Gasteiger partial charge >= 0.3 is 5.97 Å². The average Bonchev–Trinajstić information content (AvgIpc) is 2.88. The molecule has 0 saturated carbocycles. The van der Waals surface area contributed by atoms with E-state index in [0.717, 1.165) is 16.8 Å². The fourth-order valence-electron chi connectivity index (χ4n) is 3.44. The summed E-state index contributed by atoms with van der Waals surface area (Å²) in [5.74, 6) is -1.60. The molecular formula is C22H22F2N2O2. The second-order valence-corrected chi connectivity index (χ2v) is 6.78. The van der Waals surface area contributed by atoms with Crippen LogP contribution in [-0.2, 0) is 19.6 Å². The van der Waals surface area contributed by atoms with Gasteiger partial charge in [0.25, 0.3) is 0 Å². The number of carboxylic acid groups (broad SMARTS) is 1. The van der Waals surface area contributed by atoms with E-state index in [2.05, 4.69) is 5.32 Å². The number of aromatic carboxylic acids is 1. The van der Waals surface area contributed by atoms with Gasteiger partial charge in [-0.1, -0.05) is 24.3 Å². The maximum absolute atomic E-state index is 13.3. The van der Waals surface area contributed by atoms with E-state index < -0.39 is 5.97 Å². The maximum atomic E-state index is 13.3. The van der Waals surface area contributed by atoms with Crippen molar-refractivity contribution in [1.82, 2.24) is 9.88 Å². The second-order valence-electron chi connectivity index (χ2n) is 6.78. The summed E-state index contributed by atoms with van der Waals surface area (Å²) in [5, 5.41) is 12.9. The van der Waals surface area contributed by atoms with E-state index in [1.165, 1.54) is 24.3 Å². The molecule has 1 aromatic heterocycles. The molecule has 1 heterocycles. The minimum atomic E-state index is -0.985. The first kappa shape index (κ1) is 19.8. The minimum Gasteiger partial charge on any atom is -0.478 e. The van der Waals surface area contributed by atoms with E-state index in [1.54, 1.807) is 25.1 Å². The van der Waals surface area contributed by atoms with Gasteiger partial charge in [0.2, 0.25) is 0 Å². The number of benzene rings is 2. The van der Waals surface area contributed by atoms with Crippen molar-refractivity contribution in [2.45, 2.75) is 33.5 Å². The summed E-state index contributed by atoms with van der Waals surface area (Å²) in [6.45, 7) is 4.89. The molecule has 3 aromatic rings. The zero-order chi connectivity index (χ0) is 20.3. The molecule has 0 saturated heterocycles. The summed E-state index contributed by atoms with van der Waals surface area (Å²) in [7, 11) is 0. The van der Waals surface area contributed by atoms with Gasteiger partial charge in [-0.25, -0.2) is 13.6 Å². The monoisotopic (exact) mass is 384 g/mol. The molecule has 2 N–H and O–H groups in total. The second kappa shape index (κ2) is 8.35. The van der Waals surface area contributed by atoms with Gasteiger partial charge in [-0.2, -0.15) is 0 Å². The Morgan fingerprint density at radius 2 is 1.68 bits per heavy atom. The fourth-order valence-corrected chi connectivity index (χ4v) is 3.44. The molecule has 0 unspecified atom stereocenters. The topological polar surface area (TPSA) is 54.3 Å². The van der Waals surface area contributed by atoms with E-state index in [1.807, 2.05) is 17.6 Å². The highest BCUT2D eigenvalue weighted by molar-refractivity contribution is 5.91. The quantitative estimate of drug-likeness (QED) is 0.634. The summed E-state index contributed by atoms with van der Waals surface area (Å²) >= 11 is 0. The van der Waals surface area contributed by atoms with Gasteiger partial charge in [-0.05, 0) is 49.2 Å². The third kappa shape index (κ3) is 4.28. The number of nitrogens with one attached hydrogen (secondary N) is 1. The molecule has 4 nitrogen and oxygen atoms in total. The van der Waals surface area contributed by atoms with Crippen molar-refractivity contribution in [3.05, 3.63) is 93.8 Å². The first-order chi connectivity index (χ1) is 13.4. The normalized spacial score (nSPS) is 11.0. The lowest BCUT2D eigenvalue weighted by molar-refractivity contribution is 0.0694. The Kier molecular flexibility index (Phi) is 5.90. The Labute approximate surface area is 162 Å². The van der Waals surface area contributed by atoms with Crippen molar-refractivity contribution < 1.29 is 18.7 Å². The van der Waals surface area contributed by atoms with Gasteiger partial charge in [-0.3, -0.25) is 0 Å². The van der Waals surface area contributed by atoms with Gasteiger partial charge in [-0.15, -0.1) is 0 Å². The van der Waals surface area contributed by atoms with Gasteiger partial charge in [0.15, 0.2) is 0 Å². The largest absolute Gasteiger partial charge is 0.478 e. The van der Waals surface area contributed by atoms with Gasteiger partial charge in [0.05, 0.1) is 5.56 Å². The lowest BCUT2D eigenvalue weighted by atomic mass is 10.1. The number of aromatic nitrogens is 1. The van der Waals surface area contributed by atoms with E-state index in [0.29, 0.717) is 30.9 Å². The summed E-state index contributed by atoms with van der Waals surface area (Å²) < 4.78 is 28.4. The van der Waals surface area contributed by atoms with Crippen molar-refractivity contribution in [2.75, 3.05) is 0 Å². The third-order valence-electron chi connectivity index (χ3n) is 4.90. The zero-order valence-electron chi connectivity index (χ0n) is 15.8. The van der Waals surface area contributed by atoms with Crippen LogP contribution in [-0.4, -0.2) is 15.6 Å². The van der Waals surface area contributed by atoms with Crippen LogP contribution in [0.15, 0.2) is 48.5 Å². The highest BCUT2D eigenvalue weighted by atomic mass is 19.1. The Morgan fingerprint density at radius 3 is 2.32 bits per heavy atom. The molecule has 0 fully saturated rings. The van der Waals surface area contributed by atoms with E-state index in [-0.39, 0.29) is 17.2 Å².